The number of hydrogen-bond acceptors (Lipinski definition) is 3. The predicted molar refractivity (Wildman–Crippen MR) is 112 cm³/mol. The van der Waals surface area contributed by atoms with Gasteiger partial charge in [0.05, 0.1) is 0 Å². The zero-order chi connectivity index (χ0) is 20.3. The minimum atomic E-state index is -0.242. The van der Waals surface area contributed by atoms with Crippen LogP contribution in [0.4, 0.5) is 11.6 Å². The zero-order valence-corrected chi connectivity index (χ0v) is 16.5. The molecule has 0 spiro atoms. The van der Waals surface area contributed by atoms with Crippen LogP contribution in [-0.2, 0) is 0 Å². The van der Waals surface area contributed by atoms with Crippen molar-refractivity contribution in [3.8, 4) is 0 Å². The first-order valence-corrected chi connectivity index (χ1v) is 9.08. The van der Waals surface area contributed by atoms with E-state index < -0.39 is 0 Å². The molecule has 2 N–H and O–H groups in total. The van der Waals surface area contributed by atoms with Crippen LogP contribution in [0.15, 0.2) is 54.6 Å². The highest BCUT2D eigenvalue weighted by atomic mass is 16.2. The van der Waals surface area contributed by atoms with E-state index in [0.717, 1.165) is 22.3 Å². The molecule has 0 saturated heterocycles. The van der Waals surface area contributed by atoms with Crippen molar-refractivity contribution in [2.45, 2.75) is 27.7 Å². The van der Waals surface area contributed by atoms with Gasteiger partial charge in [-0.25, -0.2) is 4.98 Å². The Bertz CT molecular complexity index is 977. The molecule has 0 aliphatic rings. The summed E-state index contributed by atoms with van der Waals surface area (Å²) in [7, 11) is 0. The summed E-state index contributed by atoms with van der Waals surface area (Å²) in [5.41, 5.74) is 5.49. The van der Waals surface area contributed by atoms with E-state index in [9.17, 15) is 9.59 Å². The average molecular weight is 373 g/mol. The Morgan fingerprint density at radius 1 is 0.643 bits per heavy atom. The van der Waals surface area contributed by atoms with Gasteiger partial charge in [0.25, 0.3) is 11.8 Å². The maximum atomic E-state index is 12.5. The van der Waals surface area contributed by atoms with Gasteiger partial charge >= 0.3 is 0 Å². The summed E-state index contributed by atoms with van der Waals surface area (Å²) in [5, 5.41) is 5.55. The van der Waals surface area contributed by atoms with Gasteiger partial charge in [-0.3, -0.25) is 9.59 Å². The van der Waals surface area contributed by atoms with Crippen LogP contribution in [0.2, 0.25) is 0 Å². The van der Waals surface area contributed by atoms with Crippen LogP contribution in [0.5, 0.6) is 0 Å². The van der Waals surface area contributed by atoms with Crippen LogP contribution in [0.3, 0.4) is 0 Å². The summed E-state index contributed by atoms with van der Waals surface area (Å²) >= 11 is 0. The summed E-state index contributed by atoms with van der Waals surface area (Å²) in [5.74, 6) is 0.267. The monoisotopic (exact) mass is 373 g/mol. The van der Waals surface area contributed by atoms with Gasteiger partial charge in [0, 0.05) is 11.1 Å². The molecule has 142 valence electrons. The number of pyridine rings is 1. The highest BCUT2D eigenvalue weighted by molar-refractivity contribution is 6.05. The molecule has 0 saturated carbocycles. The zero-order valence-electron chi connectivity index (χ0n) is 16.5. The third-order valence-electron chi connectivity index (χ3n) is 4.77. The lowest BCUT2D eigenvalue weighted by molar-refractivity contribution is 0.101. The molecule has 3 rings (SSSR count). The van der Waals surface area contributed by atoms with Crippen molar-refractivity contribution in [3.05, 3.63) is 88.0 Å². The fourth-order valence-corrected chi connectivity index (χ4v) is 2.72. The minimum absolute atomic E-state index is 0.242. The van der Waals surface area contributed by atoms with Crippen LogP contribution in [0.1, 0.15) is 43.0 Å². The van der Waals surface area contributed by atoms with Gasteiger partial charge in [0.2, 0.25) is 0 Å². The van der Waals surface area contributed by atoms with E-state index in [0.29, 0.717) is 22.8 Å². The summed E-state index contributed by atoms with van der Waals surface area (Å²) in [6.45, 7) is 7.93. The third-order valence-corrected chi connectivity index (χ3v) is 4.77. The number of carbonyl (C=O) groups is 2. The smallest absolute Gasteiger partial charge is 0.256 e. The van der Waals surface area contributed by atoms with E-state index >= 15 is 0 Å². The lowest BCUT2D eigenvalue weighted by Gasteiger charge is -2.09. The molecule has 0 radical (unpaired) electrons. The van der Waals surface area contributed by atoms with Crippen molar-refractivity contribution in [2.24, 2.45) is 0 Å². The SMILES string of the molecule is Cc1ccc(C(=O)Nc2cccc(NC(=O)c3ccc(C)c(C)c3)n2)cc1C. The Morgan fingerprint density at radius 2 is 1.07 bits per heavy atom. The van der Waals surface area contributed by atoms with Crippen molar-refractivity contribution >= 4 is 23.5 Å². The molecule has 2 aromatic carbocycles. The number of amides is 2. The maximum Gasteiger partial charge on any atom is 0.256 e. The quantitative estimate of drug-likeness (QED) is 0.689. The molecule has 0 fully saturated rings. The highest BCUT2D eigenvalue weighted by Gasteiger charge is 2.11. The molecule has 2 amide bonds. The number of nitrogens with zero attached hydrogens (tertiary/aromatic N) is 1. The van der Waals surface area contributed by atoms with E-state index in [1.165, 1.54) is 0 Å². The topological polar surface area (TPSA) is 71.1 Å². The third kappa shape index (κ3) is 4.43. The molecule has 3 aromatic rings. The number of rotatable bonds is 4. The maximum absolute atomic E-state index is 12.5. The molecule has 0 aliphatic heterocycles. The van der Waals surface area contributed by atoms with E-state index in [-0.39, 0.29) is 11.8 Å². The lowest BCUT2D eigenvalue weighted by atomic mass is 10.1. The number of anilines is 2. The van der Waals surface area contributed by atoms with Gasteiger partial charge in [0.1, 0.15) is 11.6 Å². The van der Waals surface area contributed by atoms with Crippen molar-refractivity contribution in [1.29, 1.82) is 0 Å². The second-order valence-electron chi connectivity index (χ2n) is 6.91. The molecule has 5 nitrogen and oxygen atoms in total. The summed E-state index contributed by atoms with van der Waals surface area (Å²) < 4.78 is 0. The molecule has 0 aliphatic carbocycles. The van der Waals surface area contributed by atoms with Crippen LogP contribution >= 0.6 is 0 Å². The van der Waals surface area contributed by atoms with E-state index in [2.05, 4.69) is 15.6 Å². The van der Waals surface area contributed by atoms with Crippen LogP contribution in [-0.4, -0.2) is 16.8 Å². The van der Waals surface area contributed by atoms with Crippen molar-refractivity contribution in [3.63, 3.8) is 0 Å². The molecule has 0 unspecified atom stereocenters. The Labute approximate surface area is 164 Å². The molecule has 0 bridgehead atoms. The second kappa shape index (κ2) is 8.05. The minimum Gasteiger partial charge on any atom is -0.306 e. The number of carbonyl (C=O) groups excluding carboxylic acids is 2. The molecule has 0 atom stereocenters. The van der Waals surface area contributed by atoms with Gasteiger partial charge in [-0.05, 0) is 86.3 Å². The van der Waals surface area contributed by atoms with E-state index in [1.54, 1.807) is 30.3 Å². The van der Waals surface area contributed by atoms with Crippen molar-refractivity contribution in [2.75, 3.05) is 10.6 Å². The highest BCUT2D eigenvalue weighted by Crippen LogP contribution is 2.15. The lowest BCUT2D eigenvalue weighted by Crippen LogP contribution is -2.16. The standard InChI is InChI=1S/C23H23N3O2/c1-14-8-10-18(12-16(14)3)22(27)25-20-6-5-7-21(24-20)26-23(28)19-11-9-15(2)17(4)13-19/h5-13H,1-4H3,(H2,24,25,26,27,28). The molecule has 1 aromatic heterocycles. The normalized spacial score (nSPS) is 10.4. The van der Waals surface area contributed by atoms with Gasteiger partial charge in [0.15, 0.2) is 0 Å². The number of nitrogens with one attached hydrogen (secondary N) is 2. The molecular formula is C23H23N3O2. The molecular weight excluding hydrogens is 350 g/mol. The van der Waals surface area contributed by atoms with E-state index in [4.69, 9.17) is 0 Å². The Hall–Kier alpha value is -3.47. The number of aryl methyl sites for hydroxylation is 4. The second-order valence-corrected chi connectivity index (χ2v) is 6.91. The van der Waals surface area contributed by atoms with Gasteiger partial charge in [-0.2, -0.15) is 0 Å². The largest absolute Gasteiger partial charge is 0.306 e. The summed E-state index contributed by atoms with van der Waals surface area (Å²) in [4.78, 5) is 29.2. The number of aromatic nitrogens is 1. The molecule has 1 heterocycles. The van der Waals surface area contributed by atoms with Gasteiger partial charge in [-0.1, -0.05) is 18.2 Å². The van der Waals surface area contributed by atoms with Gasteiger partial charge < -0.3 is 10.6 Å². The van der Waals surface area contributed by atoms with E-state index in [1.807, 2.05) is 52.0 Å². The Balaban J connectivity index is 1.72. The summed E-state index contributed by atoms with van der Waals surface area (Å²) in [6, 6.07) is 16.2. The van der Waals surface area contributed by atoms with Crippen LogP contribution < -0.4 is 10.6 Å². The fraction of sp³-hybridized carbons (Fsp3) is 0.174. The molecule has 28 heavy (non-hydrogen) atoms. The van der Waals surface area contributed by atoms with Crippen LogP contribution in [0, 0.1) is 27.7 Å². The van der Waals surface area contributed by atoms with Crippen molar-refractivity contribution in [1.82, 2.24) is 4.98 Å². The molecule has 5 heteroatoms. The van der Waals surface area contributed by atoms with Crippen LogP contribution in [0.25, 0.3) is 0 Å². The Morgan fingerprint density at radius 3 is 1.46 bits per heavy atom. The first kappa shape index (κ1) is 19.3. The Kier molecular flexibility index (Phi) is 5.54. The first-order valence-electron chi connectivity index (χ1n) is 9.08. The average Bonchev–Trinajstić information content (AvgIpc) is 2.66. The first-order chi connectivity index (χ1) is 13.3. The van der Waals surface area contributed by atoms with Crippen molar-refractivity contribution < 1.29 is 9.59 Å². The number of benzene rings is 2. The summed E-state index contributed by atoms with van der Waals surface area (Å²) in [6.07, 6.45) is 0. The predicted octanol–water partition coefficient (Wildman–Crippen LogP) is 4.82. The van der Waals surface area contributed by atoms with Gasteiger partial charge in [-0.15, -0.1) is 0 Å². The number of hydrogen-bond donors (Lipinski definition) is 2. The fourth-order valence-electron chi connectivity index (χ4n) is 2.72.